The van der Waals surface area contributed by atoms with E-state index < -0.39 is 5.82 Å². The summed E-state index contributed by atoms with van der Waals surface area (Å²) in [5.74, 6) is -0.493. The van der Waals surface area contributed by atoms with Crippen LogP contribution in [0, 0.1) is 5.82 Å². The topological polar surface area (TPSA) is 61.8 Å². The highest BCUT2D eigenvalue weighted by atomic mass is 19.1. The molecular weight excluding hydrogens is 301 g/mol. The first kappa shape index (κ1) is 15.9. The molecule has 2 aliphatic rings. The Labute approximate surface area is 135 Å². The second kappa shape index (κ2) is 7.08. The Hall–Kier alpha value is -1.96. The molecule has 1 aromatic heterocycles. The number of nitrogens with zero attached hydrogens (tertiary/aromatic N) is 5. The number of hydrogen-bond donors (Lipinski definition) is 0. The first-order chi connectivity index (χ1) is 11.1. The molecule has 1 atom stereocenters. The van der Waals surface area contributed by atoms with Crippen LogP contribution in [-0.4, -0.2) is 83.1 Å². The molecule has 8 heteroatoms. The van der Waals surface area contributed by atoms with E-state index in [1.165, 1.54) is 0 Å². The second-order valence-electron chi connectivity index (χ2n) is 6.08. The predicted octanol–water partition coefficient (Wildman–Crippen LogP) is 0.826. The number of carbonyl (C=O) groups excluding carboxylic acids is 1. The lowest BCUT2D eigenvalue weighted by Crippen LogP contribution is -2.54. The molecule has 0 bridgehead atoms. The fraction of sp³-hybridized carbons (Fsp3) is 0.667. The lowest BCUT2D eigenvalue weighted by molar-refractivity contribution is 0.0706. The maximum atomic E-state index is 12.8. The number of piperidine rings is 1. The van der Waals surface area contributed by atoms with Gasteiger partial charge in [-0.05, 0) is 19.9 Å². The van der Waals surface area contributed by atoms with Crippen LogP contribution in [-0.2, 0) is 0 Å². The average Bonchev–Trinajstić information content (AvgIpc) is 2.57. The number of carbonyl (C=O) groups is 1. The molecule has 7 nitrogen and oxygen atoms in total. The molecule has 2 amide bonds. The molecular formula is C15H22FN5O2. The molecule has 0 saturated carbocycles. The summed E-state index contributed by atoms with van der Waals surface area (Å²) in [6, 6.07) is 0.233. The molecule has 0 N–H and O–H groups in total. The van der Waals surface area contributed by atoms with Crippen molar-refractivity contribution in [3.8, 4) is 6.01 Å². The number of ether oxygens (including phenoxy) is 1. The smallest absolute Gasteiger partial charge is 0.320 e. The average molecular weight is 323 g/mol. The van der Waals surface area contributed by atoms with E-state index in [1.54, 1.807) is 0 Å². The van der Waals surface area contributed by atoms with Crippen LogP contribution in [0.3, 0.4) is 0 Å². The molecule has 0 spiro atoms. The molecule has 0 radical (unpaired) electrons. The Bertz CT molecular complexity index is 533. The first-order valence-corrected chi connectivity index (χ1v) is 7.98. The largest absolute Gasteiger partial charge is 0.458 e. The zero-order valence-corrected chi connectivity index (χ0v) is 13.3. The van der Waals surface area contributed by atoms with Crippen molar-refractivity contribution in [1.29, 1.82) is 0 Å². The number of piperazine rings is 1. The van der Waals surface area contributed by atoms with Gasteiger partial charge in [0.1, 0.15) is 6.10 Å². The number of aromatic nitrogens is 2. The van der Waals surface area contributed by atoms with Gasteiger partial charge in [-0.15, -0.1) is 0 Å². The van der Waals surface area contributed by atoms with E-state index in [0.717, 1.165) is 58.0 Å². The predicted molar refractivity (Wildman–Crippen MR) is 81.7 cm³/mol. The van der Waals surface area contributed by atoms with Gasteiger partial charge in [-0.25, -0.2) is 19.2 Å². The van der Waals surface area contributed by atoms with Crippen molar-refractivity contribution in [2.75, 3.05) is 46.3 Å². The minimum Gasteiger partial charge on any atom is -0.458 e. The van der Waals surface area contributed by atoms with Crippen LogP contribution in [0.15, 0.2) is 12.4 Å². The van der Waals surface area contributed by atoms with Crippen LogP contribution in [0.4, 0.5) is 9.18 Å². The van der Waals surface area contributed by atoms with Gasteiger partial charge in [0.05, 0.1) is 18.9 Å². The van der Waals surface area contributed by atoms with Crippen molar-refractivity contribution in [3.05, 3.63) is 18.2 Å². The van der Waals surface area contributed by atoms with E-state index in [9.17, 15) is 9.18 Å². The molecule has 1 aromatic rings. The fourth-order valence-electron chi connectivity index (χ4n) is 2.92. The lowest BCUT2D eigenvalue weighted by Gasteiger charge is -2.39. The summed E-state index contributed by atoms with van der Waals surface area (Å²) >= 11 is 0. The van der Waals surface area contributed by atoms with E-state index in [1.807, 2.05) is 9.80 Å². The first-order valence-electron chi connectivity index (χ1n) is 7.98. The van der Waals surface area contributed by atoms with Crippen LogP contribution in [0.2, 0.25) is 0 Å². The minimum absolute atomic E-state index is 0.0754. The van der Waals surface area contributed by atoms with Crippen molar-refractivity contribution in [2.45, 2.75) is 18.9 Å². The van der Waals surface area contributed by atoms with Crippen molar-refractivity contribution in [2.24, 2.45) is 0 Å². The maximum absolute atomic E-state index is 12.8. The summed E-state index contributed by atoms with van der Waals surface area (Å²) in [6.45, 7) is 4.60. The summed E-state index contributed by atoms with van der Waals surface area (Å²) in [7, 11) is 2.06. The van der Waals surface area contributed by atoms with Gasteiger partial charge in [-0.2, -0.15) is 0 Å². The van der Waals surface area contributed by atoms with Crippen molar-refractivity contribution in [1.82, 2.24) is 24.7 Å². The SMILES string of the molecule is CN1CCN(C(=O)N2CCC[C@@H](Oc3ncc(F)cn3)C2)CC1. The third-order valence-corrected chi connectivity index (χ3v) is 4.29. The van der Waals surface area contributed by atoms with Crippen LogP contribution < -0.4 is 4.74 Å². The number of hydrogen-bond acceptors (Lipinski definition) is 5. The Morgan fingerprint density at radius 1 is 1.17 bits per heavy atom. The maximum Gasteiger partial charge on any atom is 0.320 e. The van der Waals surface area contributed by atoms with E-state index in [2.05, 4.69) is 21.9 Å². The van der Waals surface area contributed by atoms with Gasteiger partial charge < -0.3 is 19.4 Å². The monoisotopic (exact) mass is 323 g/mol. The van der Waals surface area contributed by atoms with Crippen molar-refractivity contribution < 1.29 is 13.9 Å². The quantitative estimate of drug-likeness (QED) is 0.807. The van der Waals surface area contributed by atoms with Gasteiger partial charge in [0.25, 0.3) is 0 Å². The molecule has 23 heavy (non-hydrogen) atoms. The van der Waals surface area contributed by atoms with Crippen molar-refractivity contribution in [3.63, 3.8) is 0 Å². The van der Waals surface area contributed by atoms with Gasteiger partial charge in [0, 0.05) is 32.7 Å². The van der Waals surface area contributed by atoms with E-state index >= 15 is 0 Å². The van der Waals surface area contributed by atoms with E-state index in [-0.39, 0.29) is 18.1 Å². The zero-order chi connectivity index (χ0) is 16.2. The summed E-state index contributed by atoms with van der Waals surface area (Å²) in [5, 5.41) is 0. The standard InChI is InChI=1S/C15H22FN5O2/c1-19-5-7-20(8-6-19)15(22)21-4-2-3-13(11-21)23-14-17-9-12(16)10-18-14/h9-10,13H,2-8,11H2,1H3/t13-/m1/s1. The lowest BCUT2D eigenvalue weighted by atomic mass is 10.1. The third kappa shape index (κ3) is 4.07. The van der Waals surface area contributed by atoms with Crippen molar-refractivity contribution >= 4 is 6.03 Å². The van der Waals surface area contributed by atoms with Crippen LogP contribution in [0.5, 0.6) is 6.01 Å². The summed E-state index contributed by atoms with van der Waals surface area (Å²) in [6.07, 6.45) is 3.74. The van der Waals surface area contributed by atoms with Gasteiger partial charge in [-0.1, -0.05) is 0 Å². The van der Waals surface area contributed by atoms with Crippen LogP contribution in [0.25, 0.3) is 0 Å². The molecule has 2 aliphatic heterocycles. The van der Waals surface area contributed by atoms with Gasteiger partial charge in [0.2, 0.25) is 0 Å². The summed E-state index contributed by atoms with van der Waals surface area (Å²) in [5.41, 5.74) is 0. The zero-order valence-electron chi connectivity index (χ0n) is 13.3. The molecule has 3 heterocycles. The fourth-order valence-corrected chi connectivity index (χ4v) is 2.92. The number of urea groups is 1. The number of likely N-dealkylation sites (N-methyl/N-ethyl adjacent to an activating group) is 1. The van der Waals surface area contributed by atoms with E-state index in [4.69, 9.17) is 4.74 Å². The third-order valence-electron chi connectivity index (χ3n) is 4.29. The number of rotatable bonds is 2. The highest BCUT2D eigenvalue weighted by Gasteiger charge is 2.29. The molecule has 0 aliphatic carbocycles. The van der Waals surface area contributed by atoms with Crippen LogP contribution >= 0.6 is 0 Å². The Kier molecular flexibility index (Phi) is 4.90. The Balaban J connectivity index is 1.55. The second-order valence-corrected chi connectivity index (χ2v) is 6.08. The molecule has 2 saturated heterocycles. The molecule has 126 valence electrons. The number of likely N-dealkylation sites (tertiary alicyclic amines) is 1. The Morgan fingerprint density at radius 3 is 2.57 bits per heavy atom. The molecule has 3 rings (SSSR count). The number of halogens is 1. The van der Waals surface area contributed by atoms with Gasteiger partial charge in [0.15, 0.2) is 5.82 Å². The van der Waals surface area contributed by atoms with Crippen LogP contribution in [0.1, 0.15) is 12.8 Å². The summed E-state index contributed by atoms with van der Waals surface area (Å²) < 4.78 is 18.5. The van der Waals surface area contributed by atoms with E-state index in [0.29, 0.717) is 6.54 Å². The highest BCUT2D eigenvalue weighted by molar-refractivity contribution is 5.74. The molecule has 0 aromatic carbocycles. The summed E-state index contributed by atoms with van der Waals surface area (Å²) in [4.78, 5) is 26.2. The highest BCUT2D eigenvalue weighted by Crippen LogP contribution is 2.17. The normalized spacial score (nSPS) is 23.0. The number of amides is 2. The minimum atomic E-state index is -0.493. The Morgan fingerprint density at radius 2 is 1.87 bits per heavy atom. The van der Waals surface area contributed by atoms with Gasteiger partial charge in [-0.3, -0.25) is 0 Å². The molecule has 2 fully saturated rings. The molecule has 0 unspecified atom stereocenters. The van der Waals surface area contributed by atoms with Gasteiger partial charge >= 0.3 is 12.0 Å².